The molecule has 1 fully saturated rings. The molecule has 1 amide bonds. The highest BCUT2D eigenvalue weighted by atomic mass is 35.5. The van der Waals surface area contributed by atoms with E-state index in [1.807, 2.05) is 24.3 Å². The summed E-state index contributed by atoms with van der Waals surface area (Å²) in [4.78, 5) is 16.2. The van der Waals surface area contributed by atoms with Gasteiger partial charge in [-0.2, -0.15) is 0 Å². The maximum absolute atomic E-state index is 13.3. The van der Waals surface area contributed by atoms with Crippen LogP contribution in [0.2, 0.25) is 5.02 Å². The van der Waals surface area contributed by atoms with Gasteiger partial charge >= 0.3 is 0 Å². The van der Waals surface area contributed by atoms with Gasteiger partial charge in [0, 0.05) is 30.0 Å². The molecule has 6 nitrogen and oxygen atoms in total. The average Bonchev–Trinajstić information content (AvgIpc) is 2.74. The number of amides is 1. The van der Waals surface area contributed by atoms with Crippen molar-refractivity contribution in [1.29, 1.82) is 0 Å². The average molecular weight is 433 g/mol. The molecule has 2 aromatic rings. The Hall–Kier alpha value is -2.35. The van der Waals surface area contributed by atoms with Gasteiger partial charge in [-0.05, 0) is 42.3 Å². The fourth-order valence-electron chi connectivity index (χ4n) is 3.48. The molecule has 2 aliphatic rings. The van der Waals surface area contributed by atoms with Crippen molar-refractivity contribution in [2.45, 2.75) is 18.2 Å². The minimum absolute atomic E-state index is 0.0700. The number of carbonyl (C=O) groups excluding carboxylic acids is 1. The maximum Gasteiger partial charge on any atom is 0.267 e. The molecular formula is C21H21ClN2O4S. The molecule has 0 bridgehead atoms. The van der Waals surface area contributed by atoms with Crippen LogP contribution in [0.4, 0.5) is 11.4 Å². The molecule has 2 aliphatic heterocycles. The molecular weight excluding hydrogens is 412 g/mol. The summed E-state index contributed by atoms with van der Waals surface area (Å²) < 4.78 is 31.8. The zero-order chi connectivity index (χ0) is 20.6. The minimum atomic E-state index is -3.97. The van der Waals surface area contributed by atoms with E-state index in [1.165, 1.54) is 28.8 Å². The first-order chi connectivity index (χ1) is 13.9. The summed E-state index contributed by atoms with van der Waals surface area (Å²) in [5, 5.41) is 0.422. The summed E-state index contributed by atoms with van der Waals surface area (Å²) in [6, 6.07) is 12.4. The van der Waals surface area contributed by atoms with E-state index in [9.17, 15) is 13.2 Å². The number of hydrogen-bond acceptors (Lipinski definition) is 5. The number of hydrogen-bond donors (Lipinski definition) is 0. The minimum Gasteiger partial charge on any atom is -0.378 e. The van der Waals surface area contributed by atoms with E-state index < -0.39 is 15.7 Å². The van der Waals surface area contributed by atoms with Gasteiger partial charge in [-0.25, -0.2) is 8.42 Å². The number of ether oxygens (including phenoxy) is 1. The van der Waals surface area contributed by atoms with Crippen LogP contribution in [0.5, 0.6) is 0 Å². The first-order valence-electron chi connectivity index (χ1n) is 9.43. The smallest absolute Gasteiger partial charge is 0.267 e. The first kappa shape index (κ1) is 19.9. The van der Waals surface area contributed by atoms with Crippen molar-refractivity contribution < 1.29 is 17.9 Å². The molecule has 0 aliphatic carbocycles. The summed E-state index contributed by atoms with van der Waals surface area (Å²) >= 11 is 6.16. The number of carbonyl (C=O) groups is 1. The number of nitrogens with zero attached hydrogens (tertiary/aromatic N) is 2. The largest absolute Gasteiger partial charge is 0.378 e. The highest BCUT2D eigenvalue weighted by molar-refractivity contribution is 7.96. The van der Waals surface area contributed by atoms with Crippen molar-refractivity contribution in [3.63, 3.8) is 0 Å². The normalized spacial score (nSPS) is 18.2. The third-order valence-electron chi connectivity index (χ3n) is 5.14. The summed E-state index contributed by atoms with van der Waals surface area (Å²) in [5.74, 6) is -0.510. The second kappa shape index (κ2) is 7.82. The number of sulfone groups is 1. The first-order valence-corrected chi connectivity index (χ1v) is 11.3. The fraction of sp³-hybridized carbons (Fsp3) is 0.286. The highest BCUT2D eigenvalue weighted by Crippen LogP contribution is 2.41. The summed E-state index contributed by atoms with van der Waals surface area (Å²) in [6.07, 6.45) is 2.31. The van der Waals surface area contributed by atoms with Gasteiger partial charge in [0.2, 0.25) is 9.84 Å². The van der Waals surface area contributed by atoms with Gasteiger partial charge in [-0.3, -0.25) is 4.79 Å². The highest BCUT2D eigenvalue weighted by Gasteiger charge is 2.38. The predicted octanol–water partition coefficient (Wildman–Crippen LogP) is 3.53. The summed E-state index contributed by atoms with van der Waals surface area (Å²) in [5.41, 5.74) is 2.35. The van der Waals surface area contributed by atoms with Crippen molar-refractivity contribution in [3.8, 4) is 0 Å². The molecule has 8 heteroatoms. The zero-order valence-corrected chi connectivity index (χ0v) is 17.5. The quantitative estimate of drug-likeness (QED) is 0.742. The standard InChI is InChI=1S/C21H21ClN2O4S/c1-2-15-3-6-17(7-4-15)24-14-20(21(25)23-9-11-28-12-10-23)29(26,27)19-8-5-16(22)13-18(19)24/h3-8,13-14H,2,9-12H2,1H3. The molecule has 1 saturated heterocycles. The number of benzene rings is 2. The molecule has 29 heavy (non-hydrogen) atoms. The number of morpholine rings is 1. The Morgan fingerprint density at radius 3 is 2.45 bits per heavy atom. The van der Waals surface area contributed by atoms with Crippen molar-refractivity contribution in [3.05, 3.63) is 64.2 Å². The molecule has 0 aromatic heterocycles. The third-order valence-corrected chi connectivity index (χ3v) is 7.16. The molecule has 0 saturated carbocycles. The van der Waals surface area contributed by atoms with Crippen LogP contribution >= 0.6 is 11.6 Å². The van der Waals surface area contributed by atoms with Crippen LogP contribution in [0.15, 0.2) is 58.5 Å². The van der Waals surface area contributed by atoms with E-state index in [0.717, 1.165) is 12.1 Å². The van der Waals surface area contributed by atoms with E-state index in [4.69, 9.17) is 16.3 Å². The Labute approximate surface area is 175 Å². The summed E-state index contributed by atoms with van der Waals surface area (Å²) in [7, 11) is -3.97. The van der Waals surface area contributed by atoms with Gasteiger partial charge in [0.05, 0.1) is 23.8 Å². The lowest BCUT2D eigenvalue weighted by atomic mass is 10.1. The molecule has 0 radical (unpaired) electrons. The van der Waals surface area contributed by atoms with E-state index in [-0.39, 0.29) is 9.80 Å². The Morgan fingerprint density at radius 1 is 1.10 bits per heavy atom. The van der Waals surface area contributed by atoms with Gasteiger partial charge in [-0.15, -0.1) is 0 Å². The van der Waals surface area contributed by atoms with Crippen LogP contribution in [0, 0.1) is 0 Å². The third kappa shape index (κ3) is 3.66. The van der Waals surface area contributed by atoms with Crippen molar-refractivity contribution in [2.24, 2.45) is 0 Å². The van der Waals surface area contributed by atoms with E-state index in [1.54, 1.807) is 11.0 Å². The van der Waals surface area contributed by atoms with Crippen molar-refractivity contribution >= 4 is 38.7 Å². The molecule has 152 valence electrons. The van der Waals surface area contributed by atoms with Gasteiger partial charge in [0.15, 0.2) is 4.91 Å². The number of rotatable bonds is 3. The maximum atomic E-state index is 13.3. The number of fused-ring (bicyclic) bond motifs is 1. The molecule has 0 atom stereocenters. The Balaban J connectivity index is 1.85. The van der Waals surface area contributed by atoms with E-state index in [0.29, 0.717) is 37.0 Å². The SMILES string of the molecule is CCc1ccc(N2C=C(C(=O)N3CCOCC3)S(=O)(=O)c3ccc(Cl)cc32)cc1. The van der Waals surface area contributed by atoms with Crippen LogP contribution in [-0.2, 0) is 25.8 Å². The van der Waals surface area contributed by atoms with Crippen LogP contribution in [0.1, 0.15) is 12.5 Å². The lowest BCUT2D eigenvalue weighted by Crippen LogP contribution is -2.43. The van der Waals surface area contributed by atoms with E-state index in [2.05, 4.69) is 6.92 Å². The Kier molecular flexibility index (Phi) is 5.38. The zero-order valence-electron chi connectivity index (χ0n) is 16.0. The fourth-order valence-corrected chi connectivity index (χ4v) is 5.17. The molecule has 0 spiro atoms. The molecule has 4 rings (SSSR count). The molecule has 2 aromatic carbocycles. The Bertz CT molecular complexity index is 1070. The molecule has 0 N–H and O–H groups in total. The second-order valence-electron chi connectivity index (χ2n) is 6.90. The lowest BCUT2D eigenvalue weighted by Gasteiger charge is -2.32. The van der Waals surface area contributed by atoms with Gasteiger partial charge < -0.3 is 14.5 Å². The van der Waals surface area contributed by atoms with Gasteiger partial charge in [-0.1, -0.05) is 30.7 Å². The van der Waals surface area contributed by atoms with Gasteiger partial charge in [0.25, 0.3) is 5.91 Å². The monoisotopic (exact) mass is 432 g/mol. The van der Waals surface area contributed by atoms with Crippen LogP contribution in [0.3, 0.4) is 0 Å². The van der Waals surface area contributed by atoms with Gasteiger partial charge in [0.1, 0.15) is 0 Å². The van der Waals surface area contributed by atoms with Crippen molar-refractivity contribution in [1.82, 2.24) is 4.90 Å². The van der Waals surface area contributed by atoms with Crippen LogP contribution < -0.4 is 4.90 Å². The number of halogens is 1. The predicted molar refractivity (Wildman–Crippen MR) is 112 cm³/mol. The van der Waals surface area contributed by atoms with E-state index >= 15 is 0 Å². The Morgan fingerprint density at radius 2 is 1.79 bits per heavy atom. The van der Waals surface area contributed by atoms with Crippen LogP contribution in [0.25, 0.3) is 0 Å². The number of anilines is 2. The molecule has 2 heterocycles. The molecule has 0 unspecified atom stereocenters. The number of aryl methyl sites for hydroxylation is 1. The topological polar surface area (TPSA) is 66.9 Å². The van der Waals surface area contributed by atoms with Crippen molar-refractivity contribution in [2.75, 3.05) is 31.2 Å². The van der Waals surface area contributed by atoms with Crippen LogP contribution in [-0.4, -0.2) is 45.5 Å². The summed E-state index contributed by atoms with van der Waals surface area (Å²) in [6.45, 7) is 3.59. The second-order valence-corrected chi connectivity index (χ2v) is 9.23. The lowest BCUT2D eigenvalue weighted by molar-refractivity contribution is -0.130.